The van der Waals surface area contributed by atoms with Crippen LogP contribution in [0.2, 0.25) is 0 Å². The first kappa shape index (κ1) is 17.5. The lowest BCUT2D eigenvalue weighted by Gasteiger charge is -2.16. The average Bonchev–Trinajstić information content (AvgIpc) is 2.48. The van der Waals surface area contributed by atoms with Crippen LogP contribution in [0.5, 0.6) is 5.75 Å². The molecule has 0 aromatic heterocycles. The Balaban J connectivity index is 2.49. The molecule has 0 heterocycles. The van der Waals surface area contributed by atoms with Crippen molar-refractivity contribution in [3.8, 4) is 5.75 Å². The van der Waals surface area contributed by atoms with Crippen LogP contribution < -0.4 is 15.4 Å². The number of amides is 1. The molecule has 0 radical (unpaired) electrons. The second-order valence-corrected chi connectivity index (χ2v) is 5.25. The lowest BCUT2D eigenvalue weighted by atomic mass is 10.1. The Kier molecular flexibility index (Phi) is 7.83. The Hall–Kier alpha value is -1.55. The van der Waals surface area contributed by atoms with Crippen LogP contribution in [0.1, 0.15) is 52.1 Å². The first-order valence-electron chi connectivity index (χ1n) is 7.86. The minimum atomic E-state index is -0.473. The molecule has 4 nitrogen and oxygen atoms in total. The van der Waals surface area contributed by atoms with Crippen LogP contribution >= 0.6 is 0 Å². The maximum atomic E-state index is 11.8. The third-order valence-corrected chi connectivity index (χ3v) is 3.40. The van der Waals surface area contributed by atoms with E-state index < -0.39 is 6.10 Å². The van der Waals surface area contributed by atoms with Gasteiger partial charge in [0, 0.05) is 12.6 Å². The minimum Gasteiger partial charge on any atom is -0.481 e. The van der Waals surface area contributed by atoms with Gasteiger partial charge in [-0.05, 0) is 44.5 Å². The van der Waals surface area contributed by atoms with Crippen LogP contribution in [-0.2, 0) is 4.79 Å². The smallest absolute Gasteiger partial charge is 0.260 e. The normalized spacial score (nSPS) is 13.5. The molecule has 1 aromatic carbocycles. The first-order chi connectivity index (χ1) is 10.1. The Morgan fingerprint density at radius 1 is 1.19 bits per heavy atom. The van der Waals surface area contributed by atoms with Gasteiger partial charge in [-0.2, -0.15) is 0 Å². The molecular weight excluding hydrogens is 264 g/mol. The van der Waals surface area contributed by atoms with Crippen molar-refractivity contribution in [2.45, 2.75) is 52.7 Å². The largest absolute Gasteiger partial charge is 0.481 e. The molecule has 0 saturated heterocycles. The zero-order valence-corrected chi connectivity index (χ0v) is 13.6. The predicted octanol–water partition coefficient (Wildman–Crippen LogP) is 3.04. The monoisotopic (exact) mass is 292 g/mol. The fourth-order valence-electron chi connectivity index (χ4n) is 2.05. The number of rotatable bonds is 9. The Labute approximate surface area is 128 Å². The van der Waals surface area contributed by atoms with Crippen LogP contribution in [0.3, 0.4) is 0 Å². The van der Waals surface area contributed by atoms with Crippen molar-refractivity contribution in [1.29, 1.82) is 0 Å². The number of carbonyl (C=O) groups excluding carboxylic acids is 1. The SMILES string of the molecule is CCCCNC(=O)C(C)Oc1ccc(C(C)NCC)cc1. The maximum Gasteiger partial charge on any atom is 0.260 e. The lowest BCUT2D eigenvalue weighted by molar-refractivity contribution is -0.127. The fourth-order valence-corrected chi connectivity index (χ4v) is 2.05. The van der Waals surface area contributed by atoms with E-state index in [1.54, 1.807) is 6.92 Å². The zero-order chi connectivity index (χ0) is 15.7. The van der Waals surface area contributed by atoms with Gasteiger partial charge in [0.1, 0.15) is 5.75 Å². The first-order valence-corrected chi connectivity index (χ1v) is 7.86. The third kappa shape index (κ3) is 6.17. The van der Waals surface area contributed by atoms with Crippen LogP contribution in [0.4, 0.5) is 0 Å². The summed E-state index contributed by atoms with van der Waals surface area (Å²) in [6, 6.07) is 8.21. The topological polar surface area (TPSA) is 50.4 Å². The molecule has 21 heavy (non-hydrogen) atoms. The Morgan fingerprint density at radius 3 is 2.43 bits per heavy atom. The molecule has 0 aliphatic rings. The number of ether oxygens (including phenoxy) is 1. The summed E-state index contributed by atoms with van der Waals surface area (Å²) in [5, 5.41) is 6.24. The second-order valence-electron chi connectivity index (χ2n) is 5.25. The van der Waals surface area contributed by atoms with E-state index in [9.17, 15) is 4.79 Å². The van der Waals surface area contributed by atoms with Crippen LogP contribution in [0, 0.1) is 0 Å². The van der Waals surface area contributed by atoms with Gasteiger partial charge < -0.3 is 15.4 Å². The summed E-state index contributed by atoms with van der Waals surface area (Å²) in [6.45, 7) is 9.74. The predicted molar refractivity (Wildman–Crippen MR) is 86.5 cm³/mol. The highest BCUT2D eigenvalue weighted by Gasteiger charge is 2.14. The summed E-state index contributed by atoms with van der Waals surface area (Å²) in [5.74, 6) is 0.661. The second kappa shape index (κ2) is 9.40. The van der Waals surface area contributed by atoms with E-state index in [1.165, 1.54) is 5.56 Å². The molecule has 1 amide bonds. The van der Waals surface area contributed by atoms with Gasteiger partial charge in [0.05, 0.1) is 0 Å². The Morgan fingerprint density at radius 2 is 1.86 bits per heavy atom. The highest BCUT2D eigenvalue weighted by Crippen LogP contribution is 2.18. The van der Waals surface area contributed by atoms with E-state index in [2.05, 4.69) is 31.4 Å². The number of hydrogen-bond donors (Lipinski definition) is 2. The van der Waals surface area contributed by atoms with Crippen LogP contribution in [0.25, 0.3) is 0 Å². The van der Waals surface area contributed by atoms with Crippen molar-refractivity contribution in [3.63, 3.8) is 0 Å². The van der Waals surface area contributed by atoms with Gasteiger partial charge in [-0.25, -0.2) is 0 Å². The fraction of sp³-hybridized carbons (Fsp3) is 0.588. The maximum absolute atomic E-state index is 11.8. The molecule has 0 aliphatic carbocycles. The van der Waals surface area contributed by atoms with Gasteiger partial charge in [0.2, 0.25) is 0 Å². The number of hydrogen-bond acceptors (Lipinski definition) is 3. The van der Waals surface area contributed by atoms with E-state index in [0.717, 1.165) is 25.1 Å². The van der Waals surface area contributed by atoms with Crippen molar-refractivity contribution in [2.24, 2.45) is 0 Å². The number of unbranched alkanes of at least 4 members (excludes halogenated alkanes) is 1. The minimum absolute atomic E-state index is 0.0615. The molecule has 2 unspecified atom stereocenters. The van der Waals surface area contributed by atoms with Crippen molar-refractivity contribution in [1.82, 2.24) is 10.6 Å². The van der Waals surface area contributed by atoms with E-state index >= 15 is 0 Å². The molecule has 4 heteroatoms. The summed E-state index contributed by atoms with van der Waals surface area (Å²) in [6.07, 6.45) is 1.59. The molecule has 0 saturated carbocycles. The number of carbonyl (C=O) groups is 1. The van der Waals surface area contributed by atoms with Crippen molar-refractivity contribution in [2.75, 3.05) is 13.1 Å². The van der Waals surface area contributed by atoms with E-state index in [4.69, 9.17) is 4.74 Å². The quantitative estimate of drug-likeness (QED) is 0.688. The van der Waals surface area contributed by atoms with Gasteiger partial charge in [-0.3, -0.25) is 4.79 Å². The van der Waals surface area contributed by atoms with Gasteiger partial charge in [0.15, 0.2) is 6.10 Å². The zero-order valence-electron chi connectivity index (χ0n) is 13.6. The van der Waals surface area contributed by atoms with E-state index in [1.807, 2.05) is 24.3 Å². The summed E-state index contributed by atoms with van der Waals surface area (Å²) in [4.78, 5) is 11.8. The molecule has 118 valence electrons. The molecule has 2 atom stereocenters. The molecule has 1 aromatic rings. The highest BCUT2D eigenvalue weighted by molar-refractivity contribution is 5.80. The molecule has 0 bridgehead atoms. The van der Waals surface area contributed by atoms with Gasteiger partial charge >= 0.3 is 0 Å². The molecule has 1 rings (SSSR count). The molecule has 0 aliphatic heterocycles. The average molecular weight is 292 g/mol. The van der Waals surface area contributed by atoms with Gasteiger partial charge in [-0.1, -0.05) is 32.4 Å². The molecular formula is C17H28N2O2. The van der Waals surface area contributed by atoms with Gasteiger partial charge in [0.25, 0.3) is 5.91 Å². The Bertz CT molecular complexity index is 417. The highest BCUT2D eigenvalue weighted by atomic mass is 16.5. The molecule has 0 spiro atoms. The summed E-state index contributed by atoms with van der Waals surface area (Å²) >= 11 is 0. The van der Waals surface area contributed by atoms with E-state index in [-0.39, 0.29) is 5.91 Å². The van der Waals surface area contributed by atoms with Crippen molar-refractivity contribution in [3.05, 3.63) is 29.8 Å². The summed E-state index contributed by atoms with van der Waals surface area (Å²) in [5.41, 5.74) is 1.21. The molecule has 0 fully saturated rings. The third-order valence-electron chi connectivity index (χ3n) is 3.40. The standard InChI is InChI=1S/C17H28N2O2/c1-5-7-12-19-17(20)14(4)21-16-10-8-15(9-11-16)13(3)18-6-2/h8-11,13-14,18H,5-7,12H2,1-4H3,(H,19,20). The van der Waals surface area contributed by atoms with Crippen molar-refractivity contribution >= 4 is 5.91 Å². The lowest BCUT2D eigenvalue weighted by Crippen LogP contribution is -2.36. The van der Waals surface area contributed by atoms with E-state index in [0.29, 0.717) is 12.6 Å². The molecule has 2 N–H and O–H groups in total. The van der Waals surface area contributed by atoms with Gasteiger partial charge in [-0.15, -0.1) is 0 Å². The number of benzene rings is 1. The van der Waals surface area contributed by atoms with Crippen molar-refractivity contribution < 1.29 is 9.53 Å². The van der Waals surface area contributed by atoms with Crippen LogP contribution in [-0.4, -0.2) is 25.1 Å². The van der Waals surface area contributed by atoms with Crippen LogP contribution in [0.15, 0.2) is 24.3 Å². The summed E-state index contributed by atoms with van der Waals surface area (Å²) < 4.78 is 5.67. The number of nitrogens with one attached hydrogen (secondary N) is 2. The summed E-state index contributed by atoms with van der Waals surface area (Å²) in [7, 11) is 0.